The molecule has 9 nitrogen and oxygen atoms in total. The minimum Gasteiger partial charge on any atom is -0.490 e. The molecule has 150 valence electrons. The van der Waals surface area contributed by atoms with E-state index in [1.807, 2.05) is 0 Å². The number of nitrogens with two attached hydrogens (primary N) is 1. The Labute approximate surface area is 164 Å². The van der Waals surface area contributed by atoms with E-state index in [1.54, 1.807) is 18.2 Å². The van der Waals surface area contributed by atoms with Gasteiger partial charge in [-0.3, -0.25) is 4.57 Å². The summed E-state index contributed by atoms with van der Waals surface area (Å²) in [4.78, 5) is 4.26. The van der Waals surface area contributed by atoms with Crippen LogP contribution in [-0.2, 0) is 4.74 Å². The number of aliphatic hydroxyl groups is 2. The van der Waals surface area contributed by atoms with Crippen molar-refractivity contribution in [3.8, 4) is 17.2 Å². The molecule has 1 aromatic heterocycles. The van der Waals surface area contributed by atoms with E-state index in [4.69, 9.17) is 32.2 Å². The Hall–Kier alpha value is -2.31. The number of alkyl halides is 1. The Morgan fingerprint density at radius 1 is 1.39 bits per heavy atom. The molecule has 0 aliphatic carbocycles. The average Bonchev–Trinajstić information content (AvgIpc) is 2.98. The van der Waals surface area contributed by atoms with Gasteiger partial charge in [0.25, 0.3) is 0 Å². The summed E-state index contributed by atoms with van der Waals surface area (Å²) in [5.74, 6) is 1.68. The standard InChI is InChI=1S/C17H19FN4O5S/c18-12-14(24)11(7-23)27-16(12)22-6-10-15(21-17(22)28)20-13-8(25-5-4-19)2-1-3-9(13)26-10/h1-3,6,11-12,14,16,23-24H,4-5,7,19H2,(H,20,21,28)/t11-,12-,14+,16-/m1/s1. The molecule has 11 heteroatoms. The van der Waals surface area contributed by atoms with Gasteiger partial charge in [0.1, 0.15) is 30.3 Å². The first-order valence-electron chi connectivity index (χ1n) is 8.66. The summed E-state index contributed by atoms with van der Waals surface area (Å²) < 4.78 is 32.6. The van der Waals surface area contributed by atoms with Crippen LogP contribution in [0.25, 0.3) is 0 Å². The van der Waals surface area contributed by atoms with Gasteiger partial charge >= 0.3 is 0 Å². The van der Waals surface area contributed by atoms with E-state index in [1.165, 1.54) is 10.8 Å². The SMILES string of the molecule is NCCOc1cccc2c1Nc1nc(=S)n([C@@H]3O[C@H](CO)[C@H](O)[C@H]3F)cc1O2. The van der Waals surface area contributed by atoms with Gasteiger partial charge in [0, 0.05) is 6.54 Å². The zero-order chi connectivity index (χ0) is 19.8. The molecular formula is C17H19FN4O5S. The number of hydrogen-bond acceptors (Lipinski definition) is 9. The fraction of sp³-hybridized carbons (Fsp3) is 0.412. The van der Waals surface area contributed by atoms with Gasteiger partial charge < -0.3 is 35.5 Å². The van der Waals surface area contributed by atoms with Crippen LogP contribution < -0.4 is 20.5 Å². The van der Waals surface area contributed by atoms with Crippen LogP contribution in [0, 0.1) is 4.77 Å². The predicted octanol–water partition coefficient (Wildman–Crippen LogP) is 1.39. The lowest BCUT2D eigenvalue weighted by Gasteiger charge is -2.25. The van der Waals surface area contributed by atoms with Gasteiger partial charge in [-0.1, -0.05) is 6.07 Å². The second-order valence-corrected chi connectivity index (χ2v) is 6.68. The molecule has 4 atom stereocenters. The van der Waals surface area contributed by atoms with Crippen LogP contribution in [-0.4, -0.2) is 57.9 Å². The number of aliphatic hydroxyl groups excluding tert-OH is 2. The Kier molecular flexibility index (Phi) is 5.17. The number of benzene rings is 1. The molecule has 4 rings (SSSR count). The highest BCUT2D eigenvalue weighted by molar-refractivity contribution is 7.71. The molecule has 0 radical (unpaired) electrons. The first kappa shape index (κ1) is 19.0. The summed E-state index contributed by atoms with van der Waals surface area (Å²) in [6.45, 7) is 0.188. The molecule has 0 bridgehead atoms. The van der Waals surface area contributed by atoms with E-state index in [0.29, 0.717) is 41.9 Å². The number of fused-ring (bicyclic) bond motifs is 2. The molecule has 0 unspecified atom stereocenters. The summed E-state index contributed by atoms with van der Waals surface area (Å²) in [6.07, 6.45) is -4.04. The number of halogens is 1. The van der Waals surface area contributed by atoms with Crippen molar-refractivity contribution in [3.63, 3.8) is 0 Å². The first-order chi connectivity index (χ1) is 13.5. The van der Waals surface area contributed by atoms with E-state index in [0.717, 1.165) is 0 Å². The van der Waals surface area contributed by atoms with Crippen LogP contribution in [0.15, 0.2) is 24.4 Å². The van der Waals surface area contributed by atoms with Gasteiger partial charge in [-0.05, 0) is 24.4 Å². The number of rotatable bonds is 5. The summed E-state index contributed by atoms with van der Waals surface area (Å²) in [5, 5.41) is 22.2. The molecular weight excluding hydrogens is 391 g/mol. The van der Waals surface area contributed by atoms with Gasteiger partial charge in [-0.2, -0.15) is 4.98 Å². The van der Waals surface area contributed by atoms with Crippen LogP contribution in [0.2, 0.25) is 0 Å². The largest absolute Gasteiger partial charge is 0.490 e. The van der Waals surface area contributed by atoms with Crippen molar-refractivity contribution in [2.45, 2.75) is 24.6 Å². The number of ether oxygens (including phenoxy) is 3. The summed E-state index contributed by atoms with van der Waals surface area (Å²) in [6, 6.07) is 5.27. The predicted molar refractivity (Wildman–Crippen MR) is 99.3 cm³/mol. The smallest absolute Gasteiger partial charge is 0.203 e. The van der Waals surface area contributed by atoms with Crippen LogP contribution in [0.5, 0.6) is 17.2 Å². The molecule has 2 aliphatic heterocycles. The fourth-order valence-electron chi connectivity index (χ4n) is 3.12. The number of aromatic nitrogens is 2. The Morgan fingerprint density at radius 3 is 2.93 bits per heavy atom. The van der Waals surface area contributed by atoms with Crippen molar-refractivity contribution in [2.75, 3.05) is 25.1 Å². The number of nitrogens with zero attached hydrogens (tertiary/aromatic N) is 2. The van der Waals surface area contributed by atoms with Crippen LogP contribution in [0.4, 0.5) is 15.9 Å². The van der Waals surface area contributed by atoms with E-state index in [-0.39, 0.29) is 4.77 Å². The minimum absolute atomic E-state index is 0.0251. The van der Waals surface area contributed by atoms with E-state index < -0.39 is 31.2 Å². The van der Waals surface area contributed by atoms with Crippen molar-refractivity contribution in [3.05, 3.63) is 29.2 Å². The number of anilines is 2. The Bertz CT molecular complexity index is 942. The maximum absolute atomic E-state index is 14.5. The third-order valence-corrected chi connectivity index (χ3v) is 4.79. The molecule has 0 amide bonds. The van der Waals surface area contributed by atoms with Gasteiger partial charge in [-0.15, -0.1) is 0 Å². The van der Waals surface area contributed by atoms with Crippen LogP contribution in [0.3, 0.4) is 0 Å². The highest BCUT2D eigenvalue weighted by atomic mass is 32.1. The molecule has 5 N–H and O–H groups in total. The molecule has 2 aliphatic rings. The van der Waals surface area contributed by atoms with E-state index in [2.05, 4.69) is 10.3 Å². The third kappa shape index (κ3) is 3.20. The highest BCUT2D eigenvalue weighted by Crippen LogP contribution is 2.46. The molecule has 3 heterocycles. The van der Waals surface area contributed by atoms with Crippen molar-refractivity contribution in [2.24, 2.45) is 5.73 Å². The summed E-state index contributed by atoms with van der Waals surface area (Å²) in [5.41, 5.74) is 6.07. The quantitative estimate of drug-likeness (QED) is 0.462. The molecule has 1 aromatic carbocycles. The normalized spacial score (nSPS) is 25.4. The minimum atomic E-state index is -1.77. The van der Waals surface area contributed by atoms with Crippen LogP contribution >= 0.6 is 12.2 Å². The molecule has 1 fully saturated rings. The van der Waals surface area contributed by atoms with E-state index >= 15 is 0 Å². The second-order valence-electron chi connectivity index (χ2n) is 6.32. The number of hydrogen-bond donors (Lipinski definition) is 4. The maximum Gasteiger partial charge on any atom is 0.203 e. The van der Waals surface area contributed by atoms with Gasteiger partial charge in [0.2, 0.25) is 4.77 Å². The van der Waals surface area contributed by atoms with Gasteiger partial charge in [-0.25, -0.2) is 4.39 Å². The summed E-state index contributed by atoms with van der Waals surface area (Å²) >= 11 is 5.26. The van der Waals surface area contributed by atoms with Crippen molar-refractivity contribution >= 4 is 23.7 Å². The summed E-state index contributed by atoms with van der Waals surface area (Å²) in [7, 11) is 0. The van der Waals surface area contributed by atoms with Gasteiger partial charge in [0.15, 0.2) is 29.7 Å². The molecule has 0 saturated carbocycles. The van der Waals surface area contributed by atoms with Crippen LogP contribution in [0.1, 0.15) is 6.23 Å². The molecule has 28 heavy (non-hydrogen) atoms. The zero-order valence-electron chi connectivity index (χ0n) is 14.6. The second kappa shape index (κ2) is 7.60. The lowest BCUT2D eigenvalue weighted by Crippen LogP contribution is -2.30. The monoisotopic (exact) mass is 410 g/mol. The highest BCUT2D eigenvalue weighted by Gasteiger charge is 2.45. The number of para-hydroxylation sites is 1. The first-order valence-corrected chi connectivity index (χ1v) is 9.06. The zero-order valence-corrected chi connectivity index (χ0v) is 15.4. The lowest BCUT2D eigenvalue weighted by atomic mass is 10.1. The van der Waals surface area contributed by atoms with Gasteiger partial charge in [0.05, 0.1) is 12.8 Å². The number of nitrogens with one attached hydrogen (secondary N) is 1. The molecule has 0 spiro atoms. The maximum atomic E-state index is 14.5. The average molecular weight is 410 g/mol. The van der Waals surface area contributed by atoms with E-state index in [9.17, 15) is 14.6 Å². The molecule has 2 aromatic rings. The van der Waals surface area contributed by atoms with Crippen molar-refractivity contribution in [1.82, 2.24) is 9.55 Å². The molecule has 1 saturated heterocycles. The Morgan fingerprint density at radius 2 is 2.21 bits per heavy atom. The van der Waals surface area contributed by atoms with Crippen molar-refractivity contribution < 1.29 is 28.8 Å². The van der Waals surface area contributed by atoms with Crippen molar-refractivity contribution in [1.29, 1.82) is 0 Å². The third-order valence-electron chi connectivity index (χ3n) is 4.49. The fourth-order valence-corrected chi connectivity index (χ4v) is 3.37. The topological polar surface area (TPSA) is 124 Å². The Balaban J connectivity index is 1.67. The lowest BCUT2D eigenvalue weighted by molar-refractivity contribution is -0.0485.